The molecule has 74 valence electrons. The third-order valence-electron chi connectivity index (χ3n) is 2.43. The fourth-order valence-corrected chi connectivity index (χ4v) is 1.80. The summed E-state index contributed by atoms with van der Waals surface area (Å²) in [6, 6.07) is 4.75. The molecule has 0 amide bonds. The second kappa shape index (κ2) is 3.29. The summed E-state index contributed by atoms with van der Waals surface area (Å²) in [5, 5.41) is 11.5. The highest BCUT2D eigenvalue weighted by Crippen LogP contribution is 2.35. The topological polar surface area (TPSA) is 49.3 Å². The van der Waals surface area contributed by atoms with Crippen LogP contribution in [0.4, 0.5) is 10.1 Å². The number of hydrogen-bond acceptors (Lipinski definition) is 2. The quantitative estimate of drug-likeness (QED) is 0.756. The Labute approximate surface area is 80.6 Å². The first-order valence-corrected chi connectivity index (χ1v) is 4.42. The summed E-state index contributed by atoms with van der Waals surface area (Å²) in [4.78, 5) is 10.5. The molecule has 4 heteroatoms. The molecule has 0 radical (unpaired) electrons. The first kappa shape index (κ1) is 8.99. The zero-order valence-electron chi connectivity index (χ0n) is 7.46. The number of carboxylic acid groups (broad SMARTS) is 1. The van der Waals surface area contributed by atoms with Crippen molar-refractivity contribution < 1.29 is 14.3 Å². The largest absolute Gasteiger partial charge is 0.481 e. The van der Waals surface area contributed by atoms with Crippen molar-refractivity contribution in [3.63, 3.8) is 0 Å². The highest BCUT2D eigenvalue weighted by atomic mass is 19.1. The Kier molecular flexibility index (Phi) is 2.11. The van der Waals surface area contributed by atoms with Crippen LogP contribution in [-0.2, 0) is 4.79 Å². The van der Waals surface area contributed by atoms with Crippen LogP contribution in [0, 0.1) is 5.82 Å². The molecule has 0 saturated carbocycles. The number of carbonyl (C=O) groups is 1. The number of anilines is 1. The van der Waals surface area contributed by atoms with Gasteiger partial charge in [-0.1, -0.05) is 12.1 Å². The van der Waals surface area contributed by atoms with Gasteiger partial charge in [0.05, 0.1) is 12.1 Å². The average Bonchev–Trinajstić information content (AvgIpc) is 2.49. The van der Waals surface area contributed by atoms with E-state index in [4.69, 9.17) is 5.11 Å². The van der Waals surface area contributed by atoms with Gasteiger partial charge in [0.25, 0.3) is 0 Å². The zero-order valence-corrected chi connectivity index (χ0v) is 7.46. The van der Waals surface area contributed by atoms with Crippen LogP contribution in [0.5, 0.6) is 0 Å². The van der Waals surface area contributed by atoms with Crippen molar-refractivity contribution in [3.8, 4) is 0 Å². The van der Waals surface area contributed by atoms with Gasteiger partial charge in [-0.25, -0.2) is 4.39 Å². The Bertz CT molecular complexity index is 378. The van der Waals surface area contributed by atoms with E-state index in [0.29, 0.717) is 12.2 Å². The van der Waals surface area contributed by atoms with E-state index in [-0.39, 0.29) is 18.2 Å². The highest BCUT2D eigenvalue weighted by Gasteiger charge is 2.26. The maximum atomic E-state index is 13.2. The van der Waals surface area contributed by atoms with Crippen LogP contribution in [0.25, 0.3) is 0 Å². The molecule has 0 fully saturated rings. The van der Waals surface area contributed by atoms with E-state index in [1.165, 1.54) is 6.07 Å². The molecule has 1 atom stereocenters. The van der Waals surface area contributed by atoms with Crippen LogP contribution in [0.2, 0.25) is 0 Å². The molecule has 0 bridgehead atoms. The fourth-order valence-electron chi connectivity index (χ4n) is 1.80. The van der Waals surface area contributed by atoms with E-state index in [1.54, 1.807) is 12.1 Å². The number of fused-ring (bicyclic) bond motifs is 1. The Hall–Kier alpha value is -1.58. The van der Waals surface area contributed by atoms with Crippen LogP contribution in [0.3, 0.4) is 0 Å². The molecule has 1 aliphatic rings. The molecular formula is C10H10FNO2. The van der Waals surface area contributed by atoms with Gasteiger partial charge >= 0.3 is 5.97 Å². The van der Waals surface area contributed by atoms with Crippen molar-refractivity contribution in [1.29, 1.82) is 0 Å². The minimum Gasteiger partial charge on any atom is -0.481 e. The number of benzene rings is 1. The lowest BCUT2D eigenvalue weighted by Gasteiger charge is -2.05. The second-order valence-electron chi connectivity index (χ2n) is 3.38. The zero-order chi connectivity index (χ0) is 10.1. The number of aliphatic carboxylic acids is 1. The third kappa shape index (κ3) is 1.43. The van der Waals surface area contributed by atoms with E-state index in [9.17, 15) is 9.18 Å². The Morgan fingerprint density at radius 3 is 3.14 bits per heavy atom. The minimum absolute atomic E-state index is 0.0451. The van der Waals surface area contributed by atoms with Crippen LogP contribution >= 0.6 is 0 Å². The summed E-state index contributed by atoms with van der Waals surface area (Å²) >= 11 is 0. The van der Waals surface area contributed by atoms with Gasteiger partial charge in [-0.3, -0.25) is 4.79 Å². The number of hydrogen-bond donors (Lipinski definition) is 2. The summed E-state index contributed by atoms with van der Waals surface area (Å²) in [5.74, 6) is -1.28. The number of nitrogens with one attached hydrogen (secondary N) is 1. The van der Waals surface area contributed by atoms with Crippen molar-refractivity contribution in [2.24, 2.45) is 0 Å². The van der Waals surface area contributed by atoms with Crippen molar-refractivity contribution >= 4 is 11.7 Å². The van der Waals surface area contributed by atoms with Crippen molar-refractivity contribution in [3.05, 3.63) is 29.6 Å². The molecule has 0 aliphatic carbocycles. The lowest BCUT2D eigenvalue weighted by Crippen LogP contribution is -2.07. The maximum Gasteiger partial charge on any atom is 0.304 e. The number of para-hydroxylation sites is 1. The van der Waals surface area contributed by atoms with E-state index >= 15 is 0 Å². The number of rotatable bonds is 2. The van der Waals surface area contributed by atoms with Crippen LogP contribution < -0.4 is 5.32 Å². The SMILES string of the molecule is O=C(O)CC1CNc2c(F)cccc21. The predicted octanol–water partition coefficient (Wildman–Crippen LogP) is 1.81. The van der Waals surface area contributed by atoms with E-state index in [1.807, 2.05) is 0 Å². The van der Waals surface area contributed by atoms with Crippen molar-refractivity contribution in [2.75, 3.05) is 11.9 Å². The van der Waals surface area contributed by atoms with Gasteiger partial charge in [-0.2, -0.15) is 0 Å². The smallest absolute Gasteiger partial charge is 0.304 e. The molecule has 0 spiro atoms. The first-order valence-electron chi connectivity index (χ1n) is 4.42. The van der Waals surface area contributed by atoms with Crippen LogP contribution in [-0.4, -0.2) is 17.6 Å². The number of halogens is 1. The molecule has 1 aliphatic heterocycles. The molecule has 3 nitrogen and oxygen atoms in total. The number of carboxylic acids is 1. The van der Waals surface area contributed by atoms with Gasteiger partial charge in [-0.15, -0.1) is 0 Å². The molecular weight excluding hydrogens is 185 g/mol. The minimum atomic E-state index is -0.853. The molecule has 2 N–H and O–H groups in total. The van der Waals surface area contributed by atoms with Crippen molar-refractivity contribution in [2.45, 2.75) is 12.3 Å². The van der Waals surface area contributed by atoms with Gasteiger partial charge in [-0.05, 0) is 11.6 Å². The van der Waals surface area contributed by atoms with Gasteiger partial charge < -0.3 is 10.4 Å². The first-order chi connectivity index (χ1) is 6.68. The van der Waals surface area contributed by atoms with Gasteiger partial charge in [0.2, 0.25) is 0 Å². The molecule has 14 heavy (non-hydrogen) atoms. The lowest BCUT2D eigenvalue weighted by molar-refractivity contribution is -0.137. The molecule has 1 heterocycles. The van der Waals surface area contributed by atoms with Crippen LogP contribution in [0.1, 0.15) is 17.9 Å². The summed E-state index contributed by atoms with van der Waals surface area (Å²) in [6.07, 6.45) is 0.0451. The summed E-state index contributed by atoms with van der Waals surface area (Å²) in [5.41, 5.74) is 1.23. The summed E-state index contributed by atoms with van der Waals surface area (Å²) in [6.45, 7) is 0.503. The van der Waals surface area contributed by atoms with E-state index < -0.39 is 5.97 Å². The summed E-state index contributed by atoms with van der Waals surface area (Å²) in [7, 11) is 0. The average molecular weight is 195 g/mol. The maximum absolute atomic E-state index is 13.2. The molecule has 1 unspecified atom stereocenters. The third-order valence-corrected chi connectivity index (χ3v) is 2.43. The molecule has 0 aromatic heterocycles. The van der Waals surface area contributed by atoms with Gasteiger partial charge in [0.15, 0.2) is 0 Å². The molecule has 2 rings (SSSR count). The normalized spacial score (nSPS) is 18.8. The highest BCUT2D eigenvalue weighted by molar-refractivity contribution is 5.70. The van der Waals surface area contributed by atoms with E-state index in [0.717, 1.165) is 5.56 Å². The molecule has 1 aromatic carbocycles. The van der Waals surface area contributed by atoms with Gasteiger partial charge in [0, 0.05) is 12.5 Å². The van der Waals surface area contributed by atoms with Gasteiger partial charge in [0.1, 0.15) is 5.82 Å². The monoisotopic (exact) mass is 195 g/mol. The second-order valence-corrected chi connectivity index (χ2v) is 3.38. The fraction of sp³-hybridized carbons (Fsp3) is 0.300. The standard InChI is InChI=1S/C10H10FNO2/c11-8-3-1-2-7-6(4-9(13)14)5-12-10(7)8/h1-3,6,12H,4-5H2,(H,13,14). The van der Waals surface area contributed by atoms with Crippen LogP contribution in [0.15, 0.2) is 18.2 Å². The van der Waals surface area contributed by atoms with E-state index in [2.05, 4.69) is 5.32 Å². The summed E-state index contributed by atoms with van der Waals surface area (Å²) < 4.78 is 13.2. The molecule has 1 aromatic rings. The predicted molar refractivity (Wildman–Crippen MR) is 49.9 cm³/mol. The lowest BCUT2D eigenvalue weighted by atomic mass is 9.98. The Morgan fingerprint density at radius 2 is 2.43 bits per heavy atom. The Balaban J connectivity index is 2.30. The van der Waals surface area contributed by atoms with Crippen molar-refractivity contribution in [1.82, 2.24) is 0 Å². The Morgan fingerprint density at radius 1 is 1.64 bits per heavy atom. The molecule has 0 saturated heterocycles.